The average Bonchev–Trinajstić information content (AvgIpc) is 2.85. The highest BCUT2D eigenvalue weighted by molar-refractivity contribution is 9.10. The van der Waals surface area contributed by atoms with Gasteiger partial charge in [-0.1, -0.05) is 0 Å². The van der Waals surface area contributed by atoms with Gasteiger partial charge in [-0.25, -0.2) is 9.97 Å². The first-order valence-electron chi connectivity index (χ1n) is 6.64. The molecule has 0 radical (unpaired) electrons. The molecule has 6 nitrogen and oxygen atoms in total. The zero-order chi connectivity index (χ0) is 15.4. The van der Waals surface area contributed by atoms with Crippen molar-refractivity contribution in [1.29, 1.82) is 0 Å². The third-order valence-corrected chi connectivity index (χ3v) is 3.51. The number of halogens is 1. The Hall–Kier alpha value is -1.89. The predicted octanol–water partition coefficient (Wildman–Crippen LogP) is 2.28. The summed E-state index contributed by atoms with van der Waals surface area (Å²) in [6.07, 6.45) is 5.25. The van der Waals surface area contributed by atoms with Crippen LogP contribution in [0.1, 0.15) is 23.1 Å². The average molecular weight is 352 g/mol. The van der Waals surface area contributed by atoms with Gasteiger partial charge in [-0.3, -0.25) is 4.79 Å². The summed E-state index contributed by atoms with van der Waals surface area (Å²) < 4.78 is 2.67. The first-order chi connectivity index (χ1) is 10.0. The normalized spacial score (nSPS) is 10.5. The Bertz CT molecular complexity index is 640. The predicted molar refractivity (Wildman–Crippen MR) is 85.1 cm³/mol. The Balaban J connectivity index is 2.22. The summed E-state index contributed by atoms with van der Waals surface area (Å²) in [4.78, 5) is 22.7. The molecule has 21 heavy (non-hydrogen) atoms. The van der Waals surface area contributed by atoms with E-state index < -0.39 is 0 Å². The van der Waals surface area contributed by atoms with Crippen molar-refractivity contribution < 1.29 is 4.79 Å². The Kier molecular flexibility index (Phi) is 4.95. The fourth-order valence-corrected chi connectivity index (χ4v) is 2.28. The van der Waals surface area contributed by atoms with Gasteiger partial charge < -0.3 is 14.8 Å². The quantitative estimate of drug-likeness (QED) is 0.897. The van der Waals surface area contributed by atoms with Gasteiger partial charge >= 0.3 is 0 Å². The molecule has 0 aromatic carbocycles. The van der Waals surface area contributed by atoms with Crippen LogP contribution in [0.5, 0.6) is 0 Å². The summed E-state index contributed by atoms with van der Waals surface area (Å²) >= 11 is 3.36. The first-order valence-corrected chi connectivity index (χ1v) is 7.43. The van der Waals surface area contributed by atoms with Gasteiger partial charge in [0.05, 0.1) is 12.1 Å². The Morgan fingerprint density at radius 2 is 2.24 bits per heavy atom. The third-order valence-electron chi connectivity index (χ3n) is 3.08. The largest absolute Gasteiger partial charge is 0.370 e. The molecule has 0 aliphatic carbocycles. The van der Waals surface area contributed by atoms with Gasteiger partial charge in [0.25, 0.3) is 5.91 Å². The molecule has 1 N–H and O–H groups in total. The highest BCUT2D eigenvalue weighted by Gasteiger charge is 2.18. The number of nitrogens with one attached hydrogen (secondary N) is 1. The molecule has 2 rings (SSSR count). The fraction of sp³-hybridized carbons (Fsp3) is 0.357. The molecule has 0 aliphatic rings. The van der Waals surface area contributed by atoms with Crippen molar-refractivity contribution in [1.82, 2.24) is 19.4 Å². The second-order valence-electron chi connectivity index (χ2n) is 4.70. The van der Waals surface area contributed by atoms with E-state index >= 15 is 0 Å². The van der Waals surface area contributed by atoms with Crippen LogP contribution in [0.3, 0.4) is 0 Å². The molecule has 2 aromatic heterocycles. The SMILES string of the molecule is CCNc1ncc(Br)cc1C(=O)N(C)Cc1nccn1C. The zero-order valence-electron chi connectivity index (χ0n) is 12.3. The lowest BCUT2D eigenvalue weighted by Crippen LogP contribution is -2.28. The molecule has 2 heterocycles. The minimum absolute atomic E-state index is 0.0947. The highest BCUT2D eigenvalue weighted by atomic mass is 79.9. The Labute approximate surface area is 132 Å². The monoisotopic (exact) mass is 351 g/mol. The number of aromatic nitrogens is 3. The van der Waals surface area contributed by atoms with Crippen LogP contribution >= 0.6 is 15.9 Å². The van der Waals surface area contributed by atoms with Crippen molar-refractivity contribution in [3.05, 3.63) is 40.5 Å². The van der Waals surface area contributed by atoms with Gasteiger partial charge in [-0.2, -0.15) is 0 Å². The van der Waals surface area contributed by atoms with Crippen LogP contribution in [-0.4, -0.2) is 38.9 Å². The summed E-state index contributed by atoms with van der Waals surface area (Å²) in [5, 5.41) is 3.11. The Morgan fingerprint density at radius 1 is 1.48 bits per heavy atom. The maximum absolute atomic E-state index is 12.6. The molecule has 1 amide bonds. The standard InChI is InChI=1S/C14H18BrN5O/c1-4-16-13-11(7-10(15)8-18-13)14(21)20(3)9-12-17-5-6-19(12)2/h5-8H,4,9H2,1-3H3,(H,16,18). The number of carbonyl (C=O) groups excluding carboxylic acids is 1. The van der Waals surface area contributed by atoms with Crippen LogP contribution in [-0.2, 0) is 13.6 Å². The van der Waals surface area contributed by atoms with Crippen LogP contribution in [0.25, 0.3) is 0 Å². The van der Waals surface area contributed by atoms with Gasteiger partial charge in [-0.15, -0.1) is 0 Å². The number of amides is 1. The molecule has 0 atom stereocenters. The van der Waals surface area contributed by atoms with Crippen LogP contribution < -0.4 is 5.32 Å². The molecule has 0 saturated carbocycles. The summed E-state index contributed by atoms with van der Waals surface area (Å²) in [5.41, 5.74) is 0.544. The molecular weight excluding hydrogens is 334 g/mol. The molecule has 0 aliphatic heterocycles. The molecule has 0 fully saturated rings. The molecule has 112 valence electrons. The third kappa shape index (κ3) is 3.60. The lowest BCUT2D eigenvalue weighted by Gasteiger charge is -2.19. The topological polar surface area (TPSA) is 63.1 Å². The second-order valence-corrected chi connectivity index (χ2v) is 5.61. The van der Waals surface area contributed by atoms with Crippen LogP contribution in [0.15, 0.2) is 29.1 Å². The number of hydrogen-bond donors (Lipinski definition) is 1. The van der Waals surface area contributed by atoms with Gasteiger partial charge in [0.15, 0.2) is 0 Å². The highest BCUT2D eigenvalue weighted by Crippen LogP contribution is 2.20. The minimum Gasteiger partial charge on any atom is -0.370 e. The number of hydrogen-bond acceptors (Lipinski definition) is 4. The zero-order valence-corrected chi connectivity index (χ0v) is 13.9. The van der Waals surface area contributed by atoms with Gasteiger partial charge in [0, 0.05) is 43.7 Å². The molecular formula is C14H18BrN5O. The number of anilines is 1. The van der Waals surface area contributed by atoms with Gasteiger partial charge in [0.2, 0.25) is 0 Å². The number of aryl methyl sites for hydroxylation is 1. The Morgan fingerprint density at radius 3 is 2.86 bits per heavy atom. The number of carbonyl (C=O) groups is 1. The van der Waals surface area contributed by atoms with E-state index in [4.69, 9.17) is 0 Å². The fourth-order valence-electron chi connectivity index (χ4n) is 1.95. The summed E-state index contributed by atoms with van der Waals surface area (Å²) in [5.74, 6) is 1.33. The van der Waals surface area contributed by atoms with Crippen molar-refractivity contribution in [3.63, 3.8) is 0 Å². The molecule has 0 unspecified atom stereocenters. The van der Waals surface area contributed by atoms with Crippen LogP contribution in [0.2, 0.25) is 0 Å². The molecule has 0 bridgehead atoms. The van der Waals surface area contributed by atoms with Gasteiger partial charge in [-0.05, 0) is 28.9 Å². The molecule has 0 saturated heterocycles. The number of nitrogens with zero attached hydrogens (tertiary/aromatic N) is 4. The number of rotatable bonds is 5. The van der Waals surface area contributed by atoms with E-state index in [1.807, 2.05) is 24.7 Å². The van der Waals surface area contributed by atoms with E-state index in [-0.39, 0.29) is 5.91 Å². The van der Waals surface area contributed by atoms with Gasteiger partial charge in [0.1, 0.15) is 11.6 Å². The number of pyridine rings is 1. The maximum atomic E-state index is 12.6. The molecule has 0 spiro atoms. The summed E-state index contributed by atoms with van der Waals surface area (Å²) in [6.45, 7) is 3.12. The van der Waals surface area contributed by atoms with Crippen molar-refractivity contribution in [3.8, 4) is 0 Å². The van der Waals surface area contributed by atoms with E-state index in [1.54, 1.807) is 30.4 Å². The lowest BCUT2D eigenvalue weighted by molar-refractivity contribution is 0.0781. The molecule has 7 heteroatoms. The smallest absolute Gasteiger partial charge is 0.257 e. The van der Waals surface area contributed by atoms with Crippen LogP contribution in [0.4, 0.5) is 5.82 Å². The van der Waals surface area contributed by atoms with Crippen molar-refractivity contribution >= 4 is 27.7 Å². The van der Waals surface area contributed by atoms with Crippen molar-refractivity contribution in [2.75, 3.05) is 18.9 Å². The van der Waals surface area contributed by atoms with E-state index in [2.05, 4.69) is 31.2 Å². The van der Waals surface area contributed by atoms with E-state index in [9.17, 15) is 4.79 Å². The van der Waals surface area contributed by atoms with E-state index in [0.29, 0.717) is 24.5 Å². The second kappa shape index (κ2) is 6.71. The van der Waals surface area contributed by atoms with Crippen LogP contribution in [0, 0.1) is 0 Å². The summed E-state index contributed by atoms with van der Waals surface area (Å²) in [6, 6.07) is 1.78. The summed E-state index contributed by atoms with van der Waals surface area (Å²) in [7, 11) is 3.67. The first kappa shape index (κ1) is 15.5. The number of imidazole rings is 1. The van der Waals surface area contributed by atoms with E-state index in [1.165, 1.54) is 0 Å². The minimum atomic E-state index is -0.0947. The van der Waals surface area contributed by atoms with Crippen molar-refractivity contribution in [2.45, 2.75) is 13.5 Å². The maximum Gasteiger partial charge on any atom is 0.257 e. The lowest BCUT2D eigenvalue weighted by atomic mass is 10.2. The molecule has 2 aromatic rings. The van der Waals surface area contributed by atoms with Crippen molar-refractivity contribution in [2.24, 2.45) is 7.05 Å². The van der Waals surface area contributed by atoms with E-state index in [0.717, 1.165) is 10.3 Å².